The van der Waals surface area contributed by atoms with Crippen molar-refractivity contribution in [1.82, 2.24) is 0 Å². The summed E-state index contributed by atoms with van der Waals surface area (Å²) in [6, 6.07) is 12.5. The second-order valence-electron chi connectivity index (χ2n) is 4.45. The molecular formula is C14H16ClN3S2. The van der Waals surface area contributed by atoms with Crippen molar-refractivity contribution in [3.8, 4) is 0 Å². The van der Waals surface area contributed by atoms with Gasteiger partial charge in [-0.1, -0.05) is 30.3 Å². The molecule has 0 saturated carbocycles. The van der Waals surface area contributed by atoms with Crippen LogP contribution in [0.4, 0.5) is 5.69 Å². The van der Waals surface area contributed by atoms with Crippen LogP contribution >= 0.6 is 35.5 Å². The Labute approximate surface area is 133 Å². The van der Waals surface area contributed by atoms with E-state index in [0.29, 0.717) is 0 Å². The highest BCUT2D eigenvalue weighted by atomic mass is 35.5. The Morgan fingerprint density at radius 3 is 2.75 bits per heavy atom. The Hall–Kier alpha value is -1.17. The van der Waals surface area contributed by atoms with E-state index in [2.05, 4.69) is 35.2 Å². The number of nitrogen functional groups attached to an aromatic ring is 1. The van der Waals surface area contributed by atoms with Crippen LogP contribution < -0.4 is 10.6 Å². The zero-order valence-electron chi connectivity index (χ0n) is 10.8. The van der Waals surface area contributed by atoms with Gasteiger partial charge in [0.05, 0.1) is 14.8 Å². The second-order valence-corrected chi connectivity index (χ2v) is 6.87. The quantitative estimate of drug-likeness (QED) is 0.670. The summed E-state index contributed by atoms with van der Waals surface area (Å²) in [4.78, 5) is 3.25. The fraction of sp³-hybridized carbons (Fsp3) is 0.214. The summed E-state index contributed by atoms with van der Waals surface area (Å²) in [5.41, 5.74) is 8.14. The summed E-state index contributed by atoms with van der Waals surface area (Å²) < 4.78 is 1.28. The fourth-order valence-corrected chi connectivity index (χ4v) is 4.52. The molecule has 2 heterocycles. The predicted octanol–water partition coefficient (Wildman–Crippen LogP) is 3.57. The summed E-state index contributed by atoms with van der Waals surface area (Å²) in [6.07, 6.45) is 0. The molecule has 6 heteroatoms. The van der Waals surface area contributed by atoms with Gasteiger partial charge < -0.3 is 10.6 Å². The molecule has 1 aliphatic rings. The lowest BCUT2D eigenvalue weighted by Crippen LogP contribution is -2.27. The van der Waals surface area contributed by atoms with Gasteiger partial charge in [-0.2, -0.15) is 0 Å². The molecule has 0 unspecified atom stereocenters. The molecule has 0 saturated heterocycles. The first-order chi connectivity index (χ1) is 9.24. The molecule has 0 fully saturated rings. The lowest BCUT2D eigenvalue weighted by atomic mass is 10.2. The summed E-state index contributed by atoms with van der Waals surface area (Å²) in [7, 11) is 0. The van der Waals surface area contributed by atoms with Crippen LogP contribution in [-0.4, -0.2) is 18.1 Å². The first-order valence-corrected chi connectivity index (χ1v) is 7.94. The normalized spacial score (nSPS) is 13.5. The van der Waals surface area contributed by atoms with E-state index in [1.807, 2.05) is 17.8 Å². The van der Waals surface area contributed by atoms with Crippen LogP contribution in [0.1, 0.15) is 10.4 Å². The van der Waals surface area contributed by atoms with Crippen LogP contribution in [0, 0.1) is 5.41 Å². The standard InChI is InChI=1S/C14H15N3S2.ClH/c15-13(16)12-8-11-14(19-12)18-7-6-17(11)9-10-4-2-1-3-5-10;/h1-5,8H,6-7,9H2,(H3,15,16);1H. The van der Waals surface area contributed by atoms with E-state index in [-0.39, 0.29) is 18.2 Å². The van der Waals surface area contributed by atoms with Gasteiger partial charge >= 0.3 is 0 Å². The van der Waals surface area contributed by atoms with Gasteiger partial charge in [-0.3, -0.25) is 5.41 Å². The number of amidine groups is 1. The average Bonchev–Trinajstić information content (AvgIpc) is 2.85. The third-order valence-electron chi connectivity index (χ3n) is 3.10. The van der Waals surface area contributed by atoms with Crippen molar-refractivity contribution in [2.45, 2.75) is 10.8 Å². The summed E-state index contributed by atoms with van der Waals surface area (Å²) >= 11 is 3.50. The number of thioether (sulfide) groups is 1. The zero-order valence-corrected chi connectivity index (χ0v) is 13.3. The maximum absolute atomic E-state index is 7.56. The number of nitrogens with one attached hydrogen (secondary N) is 1. The monoisotopic (exact) mass is 325 g/mol. The minimum atomic E-state index is 0. The highest BCUT2D eigenvalue weighted by molar-refractivity contribution is 8.01. The number of rotatable bonds is 3. The topological polar surface area (TPSA) is 53.1 Å². The fourth-order valence-electron chi connectivity index (χ4n) is 2.16. The van der Waals surface area contributed by atoms with E-state index in [1.165, 1.54) is 15.5 Å². The second kappa shape index (κ2) is 6.52. The van der Waals surface area contributed by atoms with Crippen molar-refractivity contribution in [2.75, 3.05) is 17.2 Å². The van der Waals surface area contributed by atoms with Crippen molar-refractivity contribution in [3.63, 3.8) is 0 Å². The zero-order chi connectivity index (χ0) is 13.2. The number of halogens is 1. The molecule has 20 heavy (non-hydrogen) atoms. The molecule has 2 aromatic rings. The molecule has 0 atom stereocenters. The smallest absolute Gasteiger partial charge is 0.133 e. The number of nitrogens with two attached hydrogens (primary N) is 1. The molecule has 106 valence electrons. The van der Waals surface area contributed by atoms with Crippen molar-refractivity contribution in [1.29, 1.82) is 5.41 Å². The highest BCUT2D eigenvalue weighted by Crippen LogP contribution is 2.41. The molecule has 3 N–H and O–H groups in total. The van der Waals surface area contributed by atoms with Gasteiger partial charge in [-0.25, -0.2) is 0 Å². The average molecular weight is 326 g/mol. The van der Waals surface area contributed by atoms with Gasteiger partial charge in [-0.05, 0) is 11.6 Å². The Morgan fingerprint density at radius 2 is 2.05 bits per heavy atom. The van der Waals surface area contributed by atoms with Gasteiger partial charge in [0.1, 0.15) is 5.84 Å². The highest BCUT2D eigenvalue weighted by Gasteiger charge is 2.21. The molecule has 1 aromatic carbocycles. The largest absolute Gasteiger partial charge is 0.383 e. The van der Waals surface area contributed by atoms with E-state index in [4.69, 9.17) is 11.1 Å². The van der Waals surface area contributed by atoms with Crippen LogP contribution in [0.3, 0.4) is 0 Å². The molecule has 0 aliphatic carbocycles. The van der Waals surface area contributed by atoms with E-state index in [1.54, 1.807) is 11.3 Å². The van der Waals surface area contributed by atoms with Crippen LogP contribution in [0.25, 0.3) is 0 Å². The third kappa shape index (κ3) is 3.11. The molecule has 0 spiro atoms. The number of fused-ring (bicyclic) bond motifs is 1. The first kappa shape index (κ1) is 15.2. The number of benzene rings is 1. The van der Waals surface area contributed by atoms with Crippen molar-refractivity contribution in [2.24, 2.45) is 5.73 Å². The SMILES string of the molecule is Cl.N=C(N)c1cc2c(s1)SCCN2Cc1ccccc1. The number of nitrogens with zero attached hydrogens (tertiary/aromatic N) is 1. The lowest BCUT2D eigenvalue weighted by molar-refractivity contribution is 0.824. The molecule has 0 amide bonds. The van der Waals surface area contributed by atoms with Crippen LogP contribution in [0.2, 0.25) is 0 Å². The minimum Gasteiger partial charge on any atom is -0.383 e. The Morgan fingerprint density at radius 1 is 1.30 bits per heavy atom. The molecule has 1 aliphatic heterocycles. The van der Waals surface area contributed by atoms with E-state index in [9.17, 15) is 0 Å². The molecular weight excluding hydrogens is 310 g/mol. The Kier molecular flexibility index (Phi) is 4.96. The molecule has 0 bridgehead atoms. The van der Waals surface area contributed by atoms with Crippen LogP contribution in [0.5, 0.6) is 0 Å². The molecule has 3 nitrogen and oxygen atoms in total. The molecule has 1 aromatic heterocycles. The maximum Gasteiger partial charge on any atom is 0.133 e. The summed E-state index contributed by atoms with van der Waals surface area (Å²) in [6.45, 7) is 1.96. The van der Waals surface area contributed by atoms with Gasteiger partial charge in [0, 0.05) is 18.8 Å². The van der Waals surface area contributed by atoms with Crippen molar-refractivity contribution in [3.05, 3.63) is 46.8 Å². The number of hydrogen-bond donors (Lipinski definition) is 2. The van der Waals surface area contributed by atoms with Crippen LogP contribution in [0.15, 0.2) is 40.6 Å². The Bertz CT molecular complexity index is 598. The maximum atomic E-state index is 7.56. The van der Waals surface area contributed by atoms with Crippen molar-refractivity contribution < 1.29 is 0 Å². The first-order valence-electron chi connectivity index (χ1n) is 6.14. The lowest BCUT2D eigenvalue weighted by Gasteiger charge is -2.28. The summed E-state index contributed by atoms with van der Waals surface area (Å²) in [5, 5.41) is 7.56. The number of thiophene rings is 1. The summed E-state index contributed by atoms with van der Waals surface area (Å²) in [5.74, 6) is 1.26. The molecule has 0 radical (unpaired) electrons. The van der Waals surface area contributed by atoms with E-state index >= 15 is 0 Å². The predicted molar refractivity (Wildman–Crippen MR) is 90.8 cm³/mol. The number of anilines is 1. The van der Waals surface area contributed by atoms with Gasteiger partial charge in [0.2, 0.25) is 0 Å². The van der Waals surface area contributed by atoms with E-state index in [0.717, 1.165) is 23.7 Å². The number of hydrogen-bond acceptors (Lipinski definition) is 4. The van der Waals surface area contributed by atoms with Gasteiger partial charge in [0.25, 0.3) is 0 Å². The van der Waals surface area contributed by atoms with Gasteiger partial charge in [-0.15, -0.1) is 35.5 Å². The van der Waals surface area contributed by atoms with E-state index < -0.39 is 0 Å². The van der Waals surface area contributed by atoms with Crippen molar-refractivity contribution >= 4 is 47.0 Å². The Balaban J connectivity index is 0.00000147. The molecule has 3 rings (SSSR count). The van der Waals surface area contributed by atoms with Gasteiger partial charge in [0.15, 0.2) is 0 Å². The minimum absolute atomic E-state index is 0. The third-order valence-corrected chi connectivity index (χ3v) is 5.51. The van der Waals surface area contributed by atoms with Crippen LogP contribution in [-0.2, 0) is 6.54 Å².